The summed E-state index contributed by atoms with van der Waals surface area (Å²) < 4.78 is 21.6. The average Bonchev–Trinajstić information content (AvgIpc) is 3.10. The summed E-state index contributed by atoms with van der Waals surface area (Å²) >= 11 is 6.09. The van der Waals surface area contributed by atoms with Gasteiger partial charge in [-0.2, -0.15) is 5.26 Å². The Morgan fingerprint density at radius 2 is 1.90 bits per heavy atom. The van der Waals surface area contributed by atoms with Crippen LogP contribution in [-0.2, 0) is 19.4 Å². The van der Waals surface area contributed by atoms with Crippen molar-refractivity contribution in [2.75, 3.05) is 0 Å². The molecule has 7 heteroatoms. The molecule has 1 aliphatic carbocycles. The minimum Gasteiger partial charge on any atom is -0.487 e. The van der Waals surface area contributed by atoms with Crippen LogP contribution in [0.1, 0.15) is 40.0 Å². The highest BCUT2D eigenvalue weighted by Crippen LogP contribution is 2.39. The third-order valence-electron chi connectivity index (χ3n) is 4.95. The van der Waals surface area contributed by atoms with E-state index in [-0.39, 0.29) is 12.4 Å². The van der Waals surface area contributed by atoms with Crippen LogP contribution in [0.25, 0.3) is 0 Å². The second kappa shape index (κ2) is 9.75. The molecule has 0 saturated carbocycles. The van der Waals surface area contributed by atoms with E-state index < -0.39 is 0 Å². The van der Waals surface area contributed by atoms with Crippen molar-refractivity contribution >= 4 is 67.7 Å². The number of ether oxygens (including phenoxy) is 1. The van der Waals surface area contributed by atoms with E-state index in [1.165, 1.54) is 22.9 Å². The van der Waals surface area contributed by atoms with Crippen LogP contribution in [0.2, 0.25) is 0 Å². The van der Waals surface area contributed by atoms with E-state index in [2.05, 4.69) is 56.2 Å². The van der Waals surface area contributed by atoms with Crippen LogP contribution >= 0.6 is 56.5 Å². The van der Waals surface area contributed by atoms with Crippen LogP contribution in [0.15, 0.2) is 41.4 Å². The molecule has 152 valence electrons. The number of nitriles is 1. The van der Waals surface area contributed by atoms with Crippen molar-refractivity contribution in [3.63, 3.8) is 0 Å². The van der Waals surface area contributed by atoms with Gasteiger partial charge in [0.25, 0.3) is 0 Å². The second-order valence-electron chi connectivity index (χ2n) is 6.95. The Morgan fingerprint density at radius 1 is 1.17 bits per heavy atom. The third-order valence-corrected chi connectivity index (χ3v) is 7.75. The number of benzene rings is 2. The van der Waals surface area contributed by atoms with Gasteiger partial charge < -0.3 is 4.74 Å². The molecule has 3 aromatic rings. The molecule has 0 fully saturated rings. The number of hydrogen-bond acceptors (Lipinski definition) is 4. The quantitative estimate of drug-likeness (QED) is 0.219. The van der Waals surface area contributed by atoms with Crippen molar-refractivity contribution in [1.29, 1.82) is 5.26 Å². The second-order valence-corrected chi connectivity index (χ2v) is 10.4. The Balaban J connectivity index is 1.54. The van der Waals surface area contributed by atoms with Gasteiger partial charge in [0.15, 0.2) is 0 Å². The lowest BCUT2D eigenvalue weighted by Crippen LogP contribution is -2.02. The lowest BCUT2D eigenvalue weighted by atomic mass is 9.96. The molecule has 30 heavy (non-hydrogen) atoms. The number of hydrogen-bond donors (Lipinski definition) is 0. The maximum Gasteiger partial charge on any atom is 0.146 e. The van der Waals surface area contributed by atoms with Crippen LogP contribution < -0.4 is 4.74 Å². The normalized spacial score (nSPS) is 13.3. The van der Waals surface area contributed by atoms with Gasteiger partial charge in [0.2, 0.25) is 0 Å². The molecule has 4 rings (SSSR count). The summed E-state index contributed by atoms with van der Waals surface area (Å²) in [6, 6.07) is 13.0. The number of halogens is 3. The van der Waals surface area contributed by atoms with E-state index >= 15 is 0 Å². The third kappa shape index (κ3) is 4.70. The number of thiophene rings is 1. The fraction of sp³-hybridized carbons (Fsp3) is 0.217. The van der Waals surface area contributed by atoms with Gasteiger partial charge in [0.1, 0.15) is 29.2 Å². The van der Waals surface area contributed by atoms with Crippen molar-refractivity contribution in [1.82, 2.24) is 0 Å². The summed E-state index contributed by atoms with van der Waals surface area (Å²) in [4.78, 5) is 5.95. The first-order valence-electron chi connectivity index (χ1n) is 9.50. The maximum atomic E-state index is 13.8. The predicted octanol–water partition coefficient (Wildman–Crippen LogP) is 7.18. The van der Waals surface area contributed by atoms with Crippen molar-refractivity contribution in [3.05, 3.63) is 76.5 Å². The molecule has 0 radical (unpaired) electrons. The first-order chi connectivity index (χ1) is 14.6. The first kappa shape index (κ1) is 21.7. The molecule has 0 amide bonds. The molecule has 1 heterocycles. The van der Waals surface area contributed by atoms with Gasteiger partial charge in [-0.25, -0.2) is 9.38 Å². The highest BCUT2D eigenvalue weighted by molar-refractivity contribution is 14.1. The maximum absolute atomic E-state index is 13.8. The van der Waals surface area contributed by atoms with Gasteiger partial charge in [-0.05, 0) is 100 Å². The SMILES string of the molecule is N#Cc1c(N=Cc2cc(I)c(OCc3ccccc3F)c(I)c2)sc2c1CCCC2. The summed E-state index contributed by atoms with van der Waals surface area (Å²) in [6.45, 7) is 0.179. The zero-order valence-corrected chi connectivity index (χ0v) is 21.1. The van der Waals surface area contributed by atoms with Crippen molar-refractivity contribution in [3.8, 4) is 11.8 Å². The lowest BCUT2D eigenvalue weighted by Gasteiger charge is -2.12. The molecule has 0 atom stereocenters. The Morgan fingerprint density at radius 3 is 2.63 bits per heavy atom. The zero-order chi connectivity index (χ0) is 21.1. The van der Waals surface area contributed by atoms with Crippen molar-refractivity contribution in [2.45, 2.75) is 32.3 Å². The summed E-state index contributed by atoms with van der Waals surface area (Å²) in [7, 11) is 0. The molecular weight excluding hydrogens is 625 g/mol. The molecule has 0 aliphatic heterocycles. The van der Waals surface area contributed by atoms with E-state index in [0.29, 0.717) is 5.56 Å². The zero-order valence-electron chi connectivity index (χ0n) is 15.9. The fourth-order valence-electron chi connectivity index (χ4n) is 3.45. The first-order valence-corrected chi connectivity index (χ1v) is 12.5. The smallest absolute Gasteiger partial charge is 0.146 e. The minimum absolute atomic E-state index is 0.179. The van der Waals surface area contributed by atoms with E-state index in [1.54, 1.807) is 29.5 Å². The number of nitrogens with zero attached hydrogens (tertiary/aromatic N) is 2. The Bertz CT molecular complexity index is 1140. The van der Waals surface area contributed by atoms with E-state index in [1.807, 2.05) is 18.3 Å². The summed E-state index contributed by atoms with van der Waals surface area (Å²) in [6.07, 6.45) is 6.17. The highest BCUT2D eigenvalue weighted by Gasteiger charge is 2.20. The average molecular weight is 642 g/mol. The molecule has 0 spiro atoms. The number of aliphatic imine (C=N–C) groups is 1. The molecule has 0 N–H and O–H groups in total. The lowest BCUT2D eigenvalue weighted by molar-refractivity contribution is 0.295. The molecule has 3 nitrogen and oxygen atoms in total. The molecule has 0 unspecified atom stereocenters. The Hall–Kier alpha value is -1.51. The van der Waals surface area contributed by atoms with Crippen LogP contribution in [0.5, 0.6) is 5.75 Å². The Kier molecular flexibility index (Phi) is 7.05. The molecule has 1 aliphatic rings. The van der Waals surface area contributed by atoms with Crippen LogP contribution in [0.3, 0.4) is 0 Å². The van der Waals surface area contributed by atoms with E-state index in [9.17, 15) is 9.65 Å². The number of rotatable bonds is 5. The highest BCUT2D eigenvalue weighted by atomic mass is 127. The van der Waals surface area contributed by atoms with Crippen LogP contribution in [-0.4, -0.2) is 6.21 Å². The monoisotopic (exact) mass is 642 g/mol. The van der Waals surface area contributed by atoms with Gasteiger partial charge in [0.05, 0.1) is 12.7 Å². The van der Waals surface area contributed by atoms with Gasteiger partial charge in [-0.1, -0.05) is 18.2 Å². The molecular formula is C23H17FI2N2OS. The number of aryl methyl sites for hydroxylation is 1. The predicted molar refractivity (Wildman–Crippen MR) is 136 cm³/mol. The Labute approximate surface area is 206 Å². The van der Waals surface area contributed by atoms with E-state index in [0.717, 1.165) is 48.3 Å². The van der Waals surface area contributed by atoms with Gasteiger partial charge in [0, 0.05) is 16.7 Å². The molecule has 0 bridgehead atoms. The minimum atomic E-state index is -0.266. The van der Waals surface area contributed by atoms with Crippen LogP contribution in [0, 0.1) is 24.3 Å². The molecule has 1 aromatic heterocycles. The summed E-state index contributed by atoms with van der Waals surface area (Å²) in [5.74, 6) is 0.471. The topological polar surface area (TPSA) is 45.4 Å². The summed E-state index contributed by atoms with van der Waals surface area (Å²) in [5, 5.41) is 10.4. The van der Waals surface area contributed by atoms with Gasteiger partial charge in [-0.15, -0.1) is 11.3 Å². The van der Waals surface area contributed by atoms with Gasteiger partial charge >= 0.3 is 0 Å². The van der Waals surface area contributed by atoms with Gasteiger partial charge in [-0.3, -0.25) is 0 Å². The van der Waals surface area contributed by atoms with Crippen molar-refractivity contribution < 1.29 is 9.13 Å². The summed E-state index contributed by atoms with van der Waals surface area (Å²) in [5.41, 5.74) is 3.40. The molecule has 0 saturated heterocycles. The number of fused-ring (bicyclic) bond motifs is 1. The fourth-order valence-corrected chi connectivity index (χ4v) is 6.76. The molecule has 2 aromatic carbocycles. The van der Waals surface area contributed by atoms with Crippen molar-refractivity contribution in [2.24, 2.45) is 4.99 Å². The van der Waals surface area contributed by atoms with Crippen LogP contribution in [0.4, 0.5) is 9.39 Å². The standard InChI is InChI=1S/C23H17FI2N2OS/c24-18-7-3-1-5-15(18)13-29-22-19(25)9-14(10-20(22)26)12-28-23-17(11-27)16-6-2-4-8-21(16)30-23/h1,3,5,7,9-10,12H,2,4,6,8,13H2. The largest absolute Gasteiger partial charge is 0.487 e. The van der Waals surface area contributed by atoms with E-state index in [4.69, 9.17) is 4.74 Å².